The highest BCUT2D eigenvalue weighted by Gasteiger charge is 2.32. The third kappa shape index (κ3) is 3.07. The monoisotopic (exact) mass is 324 g/mol. The Morgan fingerprint density at radius 2 is 1.83 bits per heavy atom. The molecule has 2 heterocycles. The predicted molar refractivity (Wildman–Crippen MR) is 92.3 cm³/mol. The molecule has 1 unspecified atom stereocenters. The molecule has 1 aromatic carbocycles. The first-order valence-corrected chi connectivity index (χ1v) is 9.07. The van der Waals surface area contributed by atoms with Crippen molar-refractivity contribution in [2.24, 2.45) is 5.92 Å². The maximum atomic E-state index is 12.7. The number of aromatic nitrogens is 3. The van der Waals surface area contributed by atoms with Gasteiger partial charge >= 0.3 is 0 Å². The van der Waals surface area contributed by atoms with Gasteiger partial charge in [-0.15, -0.1) is 5.10 Å². The average molecular weight is 324 g/mol. The Labute approximate surface area is 142 Å². The fourth-order valence-corrected chi connectivity index (χ4v) is 3.96. The van der Waals surface area contributed by atoms with Crippen LogP contribution in [0.25, 0.3) is 11.3 Å². The second-order valence-electron chi connectivity index (χ2n) is 7.01. The SMILES string of the molecule is O=C(C1CCCCC1)N1CCC(n2cc(-c3ccccc3)nn2)C1. The van der Waals surface area contributed by atoms with E-state index in [4.69, 9.17) is 0 Å². The number of hydrogen-bond acceptors (Lipinski definition) is 3. The van der Waals surface area contributed by atoms with Gasteiger partial charge in [-0.2, -0.15) is 0 Å². The highest BCUT2D eigenvalue weighted by Crippen LogP contribution is 2.29. The van der Waals surface area contributed by atoms with Crippen LogP contribution in [0.5, 0.6) is 0 Å². The van der Waals surface area contributed by atoms with E-state index in [1.54, 1.807) is 0 Å². The molecule has 1 atom stereocenters. The quantitative estimate of drug-likeness (QED) is 0.870. The van der Waals surface area contributed by atoms with Gasteiger partial charge in [0.15, 0.2) is 0 Å². The lowest BCUT2D eigenvalue weighted by Gasteiger charge is -2.26. The smallest absolute Gasteiger partial charge is 0.225 e. The summed E-state index contributed by atoms with van der Waals surface area (Å²) in [6, 6.07) is 10.4. The number of nitrogens with zero attached hydrogens (tertiary/aromatic N) is 4. The van der Waals surface area contributed by atoms with E-state index >= 15 is 0 Å². The Kier molecular flexibility index (Phi) is 4.32. The molecule has 1 aromatic heterocycles. The van der Waals surface area contributed by atoms with E-state index in [2.05, 4.69) is 10.3 Å². The van der Waals surface area contributed by atoms with E-state index < -0.39 is 0 Å². The van der Waals surface area contributed by atoms with E-state index in [1.165, 1.54) is 19.3 Å². The summed E-state index contributed by atoms with van der Waals surface area (Å²) in [4.78, 5) is 14.7. The summed E-state index contributed by atoms with van der Waals surface area (Å²) in [6.45, 7) is 1.62. The minimum atomic E-state index is 0.252. The van der Waals surface area contributed by atoms with Crippen molar-refractivity contribution in [3.8, 4) is 11.3 Å². The summed E-state index contributed by atoms with van der Waals surface area (Å²) in [7, 11) is 0. The molecule has 2 aromatic rings. The summed E-state index contributed by atoms with van der Waals surface area (Å²) in [6.07, 6.45) is 8.82. The van der Waals surface area contributed by atoms with E-state index in [0.717, 1.165) is 43.6 Å². The van der Waals surface area contributed by atoms with Gasteiger partial charge in [-0.05, 0) is 19.3 Å². The highest BCUT2D eigenvalue weighted by atomic mass is 16.2. The normalized spacial score (nSPS) is 22.0. The predicted octanol–water partition coefficient (Wildman–Crippen LogP) is 3.30. The molecule has 2 aliphatic rings. The molecule has 4 rings (SSSR count). The van der Waals surface area contributed by atoms with Gasteiger partial charge in [0.2, 0.25) is 5.91 Å². The molecule has 1 aliphatic heterocycles. The van der Waals surface area contributed by atoms with Crippen LogP contribution in [0.3, 0.4) is 0 Å². The number of benzene rings is 1. The fraction of sp³-hybridized carbons (Fsp3) is 0.526. The van der Waals surface area contributed by atoms with E-state index in [1.807, 2.05) is 46.1 Å². The zero-order chi connectivity index (χ0) is 16.4. The maximum Gasteiger partial charge on any atom is 0.225 e. The molecule has 0 bridgehead atoms. The third-order valence-electron chi connectivity index (χ3n) is 5.38. The van der Waals surface area contributed by atoms with Crippen LogP contribution in [-0.4, -0.2) is 38.9 Å². The van der Waals surface area contributed by atoms with Gasteiger partial charge in [-0.3, -0.25) is 4.79 Å². The highest BCUT2D eigenvalue weighted by molar-refractivity contribution is 5.79. The minimum Gasteiger partial charge on any atom is -0.340 e. The molecule has 2 fully saturated rings. The van der Waals surface area contributed by atoms with Crippen molar-refractivity contribution in [1.82, 2.24) is 19.9 Å². The van der Waals surface area contributed by atoms with Gasteiger partial charge < -0.3 is 4.90 Å². The molecule has 0 radical (unpaired) electrons. The van der Waals surface area contributed by atoms with Crippen molar-refractivity contribution in [2.75, 3.05) is 13.1 Å². The topological polar surface area (TPSA) is 51.0 Å². The lowest BCUT2D eigenvalue weighted by Crippen LogP contribution is -2.35. The third-order valence-corrected chi connectivity index (χ3v) is 5.38. The first-order chi connectivity index (χ1) is 11.8. The average Bonchev–Trinajstić information content (AvgIpc) is 3.32. The number of rotatable bonds is 3. The van der Waals surface area contributed by atoms with Crippen molar-refractivity contribution < 1.29 is 4.79 Å². The van der Waals surface area contributed by atoms with Crippen LogP contribution < -0.4 is 0 Å². The summed E-state index contributed by atoms with van der Waals surface area (Å²) >= 11 is 0. The van der Waals surface area contributed by atoms with Gasteiger partial charge in [0.05, 0.1) is 12.2 Å². The van der Waals surface area contributed by atoms with Crippen LogP contribution in [0.4, 0.5) is 0 Å². The number of amides is 1. The van der Waals surface area contributed by atoms with Crippen LogP contribution in [0.1, 0.15) is 44.6 Å². The molecular formula is C19H24N4O. The molecule has 1 aliphatic carbocycles. The molecular weight excluding hydrogens is 300 g/mol. The molecule has 126 valence electrons. The lowest BCUT2D eigenvalue weighted by molar-refractivity contribution is -0.135. The number of carbonyl (C=O) groups excluding carboxylic acids is 1. The molecule has 0 spiro atoms. The van der Waals surface area contributed by atoms with E-state index in [-0.39, 0.29) is 12.0 Å². The summed E-state index contributed by atoms with van der Waals surface area (Å²) in [5, 5.41) is 8.61. The van der Waals surface area contributed by atoms with Crippen LogP contribution in [0.2, 0.25) is 0 Å². The minimum absolute atomic E-state index is 0.252. The summed E-state index contributed by atoms with van der Waals surface area (Å²) in [5.74, 6) is 0.619. The molecule has 1 amide bonds. The fourth-order valence-electron chi connectivity index (χ4n) is 3.96. The lowest BCUT2D eigenvalue weighted by atomic mass is 9.88. The second kappa shape index (κ2) is 6.75. The van der Waals surface area contributed by atoms with Crippen molar-refractivity contribution >= 4 is 5.91 Å². The van der Waals surface area contributed by atoms with Crippen LogP contribution in [0.15, 0.2) is 36.5 Å². The van der Waals surface area contributed by atoms with Gasteiger partial charge in [0.1, 0.15) is 5.69 Å². The van der Waals surface area contributed by atoms with Gasteiger partial charge in [-0.25, -0.2) is 4.68 Å². The van der Waals surface area contributed by atoms with Crippen molar-refractivity contribution in [3.05, 3.63) is 36.5 Å². The zero-order valence-electron chi connectivity index (χ0n) is 14.0. The van der Waals surface area contributed by atoms with Crippen molar-refractivity contribution in [2.45, 2.75) is 44.6 Å². The van der Waals surface area contributed by atoms with E-state index in [0.29, 0.717) is 5.91 Å². The standard InChI is InChI=1S/C19H24N4O/c24-19(16-9-5-2-6-10-16)22-12-11-17(13-22)23-14-18(20-21-23)15-7-3-1-4-8-15/h1,3-4,7-8,14,16-17H,2,5-6,9-13H2. The Balaban J connectivity index is 1.42. The molecule has 5 nitrogen and oxygen atoms in total. The van der Waals surface area contributed by atoms with Crippen LogP contribution in [0, 0.1) is 5.92 Å². The van der Waals surface area contributed by atoms with Crippen molar-refractivity contribution in [3.63, 3.8) is 0 Å². The summed E-state index contributed by atoms with van der Waals surface area (Å²) in [5.41, 5.74) is 1.98. The molecule has 1 saturated heterocycles. The Hall–Kier alpha value is -2.17. The van der Waals surface area contributed by atoms with Gasteiger partial charge in [-0.1, -0.05) is 54.8 Å². The first kappa shape index (κ1) is 15.4. The summed E-state index contributed by atoms with van der Waals surface area (Å²) < 4.78 is 1.94. The molecule has 5 heteroatoms. The Bertz CT molecular complexity index is 690. The first-order valence-electron chi connectivity index (χ1n) is 9.07. The largest absolute Gasteiger partial charge is 0.340 e. The van der Waals surface area contributed by atoms with Crippen LogP contribution >= 0.6 is 0 Å². The van der Waals surface area contributed by atoms with Gasteiger partial charge in [0.25, 0.3) is 0 Å². The van der Waals surface area contributed by atoms with Gasteiger partial charge in [0, 0.05) is 24.6 Å². The maximum absolute atomic E-state index is 12.7. The number of hydrogen-bond donors (Lipinski definition) is 0. The molecule has 0 N–H and O–H groups in total. The molecule has 1 saturated carbocycles. The van der Waals surface area contributed by atoms with E-state index in [9.17, 15) is 4.79 Å². The Morgan fingerprint density at radius 3 is 2.62 bits per heavy atom. The Morgan fingerprint density at radius 1 is 1.04 bits per heavy atom. The van der Waals surface area contributed by atoms with Crippen molar-refractivity contribution in [1.29, 1.82) is 0 Å². The van der Waals surface area contributed by atoms with Crippen LogP contribution in [-0.2, 0) is 4.79 Å². The second-order valence-corrected chi connectivity index (χ2v) is 7.01. The zero-order valence-corrected chi connectivity index (χ0v) is 14.0. The molecule has 24 heavy (non-hydrogen) atoms. The number of carbonyl (C=O) groups is 1. The number of likely N-dealkylation sites (tertiary alicyclic amines) is 1.